The molecule has 0 bridgehead atoms. The van der Waals surface area contributed by atoms with Gasteiger partial charge < -0.3 is 14.8 Å². The van der Waals surface area contributed by atoms with E-state index in [1.54, 1.807) is 32.4 Å². The summed E-state index contributed by atoms with van der Waals surface area (Å²) in [6.45, 7) is 7.27. The van der Waals surface area contributed by atoms with E-state index in [2.05, 4.69) is 10.3 Å². The van der Waals surface area contributed by atoms with Gasteiger partial charge in [-0.25, -0.2) is 9.78 Å². The molecule has 0 aliphatic rings. The van der Waals surface area contributed by atoms with Gasteiger partial charge in [-0.05, 0) is 33.8 Å². The molecule has 5 heteroatoms. The fourth-order valence-corrected chi connectivity index (χ4v) is 1.29. The molecule has 1 N–H and O–H groups in total. The standard InChI is InChI=1S/C13H20N2O3/c1-9(12(16)18-13(2,3)4)15-10-6-7-11(17-5)14-8-10/h6-9,15H,1-5H3. The highest BCUT2D eigenvalue weighted by atomic mass is 16.6. The van der Waals surface area contributed by atoms with Crippen molar-refractivity contribution in [2.75, 3.05) is 12.4 Å². The van der Waals surface area contributed by atoms with E-state index in [1.165, 1.54) is 0 Å². The molecular formula is C13H20N2O3. The number of esters is 1. The summed E-state index contributed by atoms with van der Waals surface area (Å²) in [5.74, 6) is 0.240. The van der Waals surface area contributed by atoms with E-state index in [0.29, 0.717) is 5.88 Å². The molecule has 0 fully saturated rings. The molecule has 0 radical (unpaired) electrons. The Kier molecular flexibility index (Phi) is 4.53. The van der Waals surface area contributed by atoms with Crippen LogP contribution in [-0.2, 0) is 9.53 Å². The zero-order valence-corrected chi connectivity index (χ0v) is 11.5. The van der Waals surface area contributed by atoms with Crippen LogP contribution in [0, 0.1) is 0 Å². The monoisotopic (exact) mass is 252 g/mol. The zero-order chi connectivity index (χ0) is 13.8. The van der Waals surface area contributed by atoms with Gasteiger partial charge in [-0.2, -0.15) is 0 Å². The average molecular weight is 252 g/mol. The zero-order valence-electron chi connectivity index (χ0n) is 11.5. The summed E-state index contributed by atoms with van der Waals surface area (Å²) < 4.78 is 10.2. The third-order valence-electron chi connectivity index (χ3n) is 2.09. The van der Waals surface area contributed by atoms with Gasteiger partial charge in [0.05, 0.1) is 19.0 Å². The number of carbonyl (C=O) groups excluding carboxylic acids is 1. The number of ether oxygens (including phenoxy) is 2. The van der Waals surface area contributed by atoms with Gasteiger partial charge in [0.25, 0.3) is 0 Å². The smallest absolute Gasteiger partial charge is 0.328 e. The summed E-state index contributed by atoms with van der Waals surface area (Å²) in [5.41, 5.74) is 0.264. The predicted octanol–water partition coefficient (Wildman–Crippen LogP) is 2.23. The second-order valence-corrected chi connectivity index (χ2v) is 4.99. The van der Waals surface area contributed by atoms with Gasteiger partial charge in [-0.3, -0.25) is 0 Å². The molecule has 1 atom stereocenters. The first-order valence-corrected chi connectivity index (χ1v) is 5.81. The summed E-state index contributed by atoms with van der Waals surface area (Å²) in [6.07, 6.45) is 1.61. The molecule has 100 valence electrons. The average Bonchev–Trinajstić information content (AvgIpc) is 2.27. The van der Waals surface area contributed by atoms with Crippen LogP contribution >= 0.6 is 0 Å². The second kappa shape index (κ2) is 5.71. The van der Waals surface area contributed by atoms with Gasteiger partial charge in [-0.1, -0.05) is 0 Å². The van der Waals surface area contributed by atoms with Crippen molar-refractivity contribution in [3.8, 4) is 5.88 Å². The molecule has 0 saturated heterocycles. The molecular weight excluding hydrogens is 232 g/mol. The quantitative estimate of drug-likeness (QED) is 0.833. The molecule has 1 rings (SSSR count). The van der Waals surface area contributed by atoms with Crippen LogP contribution in [0.5, 0.6) is 5.88 Å². The highest BCUT2D eigenvalue weighted by molar-refractivity contribution is 5.79. The fourth-order valence-electron chi connectivity index (χ4n) is 1.29. The minimum absolute atomic E-state index is 0.293. The number of hydrogen-bond acceptors (Lipinski definition) is 5. The van der Waals surface area contributed by atoms with E-state index in [0.717, 1.165) is 5.69 Å². The molecule has 0 aromatic carbocycles. The molecule has 0 spiro atoms. The van der Waals surface area contributed by atoms with Gasteiger partial charge in [-0.15, -0.1) is 0 Å². The number of nitrogens with zero attached hydrogens (tertiary/aromatic N) is 1. The van der Waals surface area contributed by atoms with Crippen molar-refractivity contribution in [3.05, 3.63) is 18.3 Å². The lowest BCUT2D eigenvalue weighted by molar-refractivity contribution is -0.155. The molecule has 0 saturated carbocycles. The highest BCUT2D eigenvalue weighted by Crippen LogP contribution is 2.14. The Bertz CT molecular complexity index is 396. The number of methoxy groups -OCH3 is 1. The molecule has 1 heterocycles. The summed E-state index contributed by atoms with van der Waals surface area (Å²) in [5, 5.41) is 3.02. The Labute approximate surface area is 108 Å². The Hall–Kier alpha value is -1.78. The number of pyridine rings is 1. The summed E-state index contributed by atoms with van der Waals surface area (Å²) in [4.78, 5) is 15.8. The van der Waals surface area contributed by atoms with Crippen molar-refractivity contribution in [2.24, 2.45) is 0 Å². The molecule has 1 aromatic rings. The number of rotatable bonds is 4. The molecule has 1 aromatic heterocycles. The summed E-state index contributed by atoms with van der Waals surface area (Å²) in [7, 11) is 1.55. The van der Waals surface area contributed by atoms with Crippen molar-refractivity contribution >= 4 is 11.7 Å². The minimum atomic E-state index is -0.481. The molecule has 0 aliphatic carbocycles. The van der Waals surface area contributed by atoms with Crippen LogP contribution in [0.25, 0.3) is 0 Å². The predicted molar refractivity (Wildman–Crippen MR) is 69.7 cm³/mol. The molecule has 0 aliphatic heterocycles. The van der Waals surface area contributed by atoms with Crippen molar-refractivity contribution in [3.63, 3.8) is 0 Å². The van der Waals surface area contributed by atoms with E-state index in [9.17, 15) is 4.79 Å². The van der Waals surface area contributed by atoms with Crippen LogP contribution in [0.2, 0.25) is 0 Å². The number of nitrogens with one attached hydrogen (secondary N) is 1. The topological polar surface area (TPSA) is 60.5 Å². The maximum absolute atomic E-state index is 11.8. The Balaban J connectivity index is 2.58. The summed E-state index contributed by atoms with van der Waals surface area (Å²) in [6, 6.07) is 3.09. The third kappa shape index (κ3) is 4.61. The first kappa shape index (κ1) is 14.3. The fraction of sp³-hybridized carbons (Fsp3) is 0.538. The SMILES string of the molecule is COc1ccc(NC(C)C(=O)OC(C)(C)C)cn1. The number of anilines is 1. The van der Waals surface area contributed by atoms with Crippen molar-refractivity contribution in [2.45, 2.75) is 39.3 Å². The number of aromatic nitrogens is 1. The minimum Gasteiger partial charge on any atom is -0.481 e. The van der Waals surface area contributed by atoms with Crippen LogP contribution in [0.1, 0.15) is 27.7 Å². The molecule has 0 amide bonds. The molecule has 18 heavy (non-hydrogen) atoms. The normalized spacial score (nSPS) is 12.7. The Morgan fingerprint density at radius 1 is 1.39 bits per heavy atom. The van der Waals surface area contributed by atoms with Crippen LogP contribution in [0.4, 0.5) is 5.69 Å². The second-order valence-electron chi connectivity index (χ2n) is 4.99. The maximum Gasteiger partial charge on any atom is 0.328 e. The maximum atomic E-state index is 11.8. The summed E-state index contributed by atoms with van der Waals surface area (Å²) >= 11 is 0. The van der Waals surface area contributed by atoms with Gasteiger partial charge in [0.15, 0.2) is 0 Å². The first-order chi connectivity index (χ1) is 8.31. The van der Waals surface area contributed by atoms with E-state index in [1.807, 2.05) is 20.8 Å². The van der Waals surface area contributed by atoms with Crippen LogP contribution in [0.3, 0.4) is 0 Å². The van der Waals surface area contributed by atoms with Crippen LogP contribution in [-0.4, -0.2) is 29.7 Å². The van der Waals surface area contributed by atoms with Gasteiger partial charge in [0, 0.05) is 6.07 Å². The van der Waals surface area contributed by atoms with Gasteiger partial charge in [0.2, 0.25) is 5.88 Å². The highest BCUT2D eigenvalue weighted by Gasteiger charge is 2.21. The lowest BCUT2D eigenvalue weighted by Crippen LogP contribution is -2.34. The Morgan fingerprint density at radius 3 is 2.50 bits per heavy atom. The van der Waals surface area contributed by atoms with Crippen LogP contribution in [0.15, 0.2) is 18.3 Å². The van der Waals surface area contributed by atoms with E-state index in [4.69, 9.17) is 9.47 Å². The van der Waals surface area contributed by atoms with Crippen molar-refractivity contribution in [1.82, 2.24) is 4.98 Å². The van der Waals surface area contributed by atoms with E-state index >= 15 is 0 Å². The van der Waals surface area contributed by atoms with Crippen molar-refractivity contribution < 1.29 is 14.3 Å². The molecule has 5 nitrogen and oxygen atoms in total. The van der Waals surface area contributed by atoms with Gasteiger partial charge >= 0.3 is 5.97 Å². The molecule has 1 unspecified atom stereocenters. The van der Waals surface area contributed by atoms with Crippen molar-refractivity contribution in [1.29, 1.82) is 0 Å². The Morgan fingerprint density at radius 2 is 2.06 bits per heavy atom. The van der Waals surface area contributed by atoms with Gasteiger partial charge in [0.1, 0.15) is 11.6 Å². The lowest BCUT2D eigenvalue weighted by Gasteiger charge is -2.23. The largest absolute Gasteiger partial charge is 0.481 e. The van der Waals surface area contributed by atoms with Crippen LogP contribution < -0.4 is 10.1 Å². The lowest BCUT2D eigenvalue weighted by atomic mass is 10.2. The number of carbonyl (C=O) groups is 1. The van der Waals surface area contributed by atoms with E-state index in [-0.39, 0.29) is 5.97 Å². The number of hydrogen-bond donors (Lipinski definition) is 1. The third-order valence-corrected chi connectivity index (χ3v) is 2.09. The first-order valence-electron chi connectivity index (χ1n) is 5.81. The van der Waals surface area contributed by atoms with E-state index < -0.39 is 11.6 Å².